The Morgan fingerprint density at radius 2 is 1.64 bits per heavy atom. The lowest BCUT2D eigenvalue weighted by Gasteiger charge is -2.36. The molecule has 0 aliphatic carbocycles. The van der Waals surface area contributed by atoms with Gasteiger partial charge in [0.1, 0.15) is 0 Å². The molecule has 0 aromatic heterocycles. The molecule has 0 saturated carbocycles. The first-order valence-corrected chi connectivity index (χ1v) is 11.2. The van der Waals surface area contributed by atoms with Crippen molar-refractivity contribution < 1.29 is 17.6 Å². The van der Waals surface area contributed by atoms with Gasteiger partial charge < -0.3 is 4.43 Å². The minimum absolute atomic E-state index is 0.0298. The lowest BCUT2D eigenvalue weighted by atomic mass is 10.1. The van der Waals surface area contributed by atoms with E-state index in [1.165, 1.54) is 6.92 Å². The SMILES string of the molecule is C/C(C#CCc1ccccc1)=C(/CO[Si](C)(C)C(C)(C)C)C(F)(F)F. The lowest BCUT2D eigenvalue weighted by Crippen LogP contribution is -2.42. The summed E-state index contributed by atoms with van der Waals surface area (Å²) in [5, 5.41) is -0.142. The summed E-state index contributed by atoms with van der Waals surface area (Å²) in [4.78, 5) is 0. The number of benzene rings is 1. The van der Waals surface area contributed by atoms with E-state index < -0.39 is 26.7 Å². The number of halogens is 3. The largest absolute Gasteiger partial charge is 0.415 e. The average Bonchev–Trinajstić information content (AvgIpc) is 2.45. The van der Waals surface area contributed by atoms with E-state index in [9.17, 15) is 13.2 Å². The van der Waals surface area contributed by atoms with Crippen molar-refractivity contribution in [2.45, 2.75) is 58.4 Å². The van der Waals surface area contributed by atoms with Crippen LogP contribution in [-0.2, 0) is 10.8 Å². The second-order valence-electron chi connectivity index (χ2n) is 7.61. The molecule has 0 saturated heterocycles. The van der Waals surface area contributed by atoms with E-state index in [4.69, 9.17) is 4.43 Å². The molecule has 0 N–H and O–H groups in total. The van der Waals surface area contributed by atoms with Gasteiger partial charge in [0.25, 0.3) is 0 Å². The van der Waals surface area contributed by atoms with Crippen LogP contribution < -0.4 is 0 Å². The molecular weight excluding hydrogens is 341 g/mol. The second kappa shape index (κ2) is 8.24. The van der Waals surface area contributed by atoms with E-state index in [2.05, 4.69) is 11.8 Å². The van der Waals surface area contributed by atoms with Crippen molar-refractivity contribution in [1.29, 1.82) is 0 Å². The molecule has 0 unspecified atom stereocenters. The Kier molecular flexibility index (Phi) is 7.10. The molecule has 1 aromatic rings. The summed E-state index contributed by atoms with van der Waals surface area (Å²) in [6.45, 7) is 10.9. The van der Waals surface area contributed by atoms with E-state index in [1.54, 1.807) is 0 Å². The highest BCUT2D eigenvalue weighted by Crippen LogP contribution is 2.38. The van der Waals surface area contributed by atoms with Crippen LogP contribution >= 0.6 is 0 Å². The predicted molar refractivity (Wildman–Crippen MR) is 99.8 cm³/mol. The fourth-order valence-electron chi connectivity index (χ4n) is 1.82. The van der Waals surface area contributed by atoms with Crippen molar-refractivity contribution in [3.63, 3.8) is 0 Å². The molecule has 0 bridgehead atoms. The highest BCUT2D eigenvalue weighted by molar-refractivity contribution is 6.74. The van der Waals surface area contributed by atoms with Crippen LogP contribution in [0.15, 0.2) is 41.5 Å². The molecule has 0 aliphatic heterocycles. The molecule has 1 nitrogen and oxygen atoms in total. The first-order chi connectivity index (χ1) is 11.3. The third kappa shape index (κ3) is 6.72. The van der Waals surface area contributed by atoms with E-state index in [0.717, 1.165) is 5.56 Å². The van der Waals surface area contributed by atoms with Crippen LogP contribution in [0.4, 0.5) is 13.2 Å². The molecule has 1 aromatic carbocycles. The van der Waals surface area contributed by atoms with Crippen LogP contribution in [0.25, 0.3) is 0 Å². The monoisotopic (exact) mass is 368 g/mol. The topological polar surface area (TPSA) is 9.23 Å². The van der Waals surface area contributed by atoms with Gasteiger partial charge in [0, 0.05) is 12.0 Å². The predicted octanol–water partition coefficient (Wildman–Crippen LogP) is 6.13. The maximum absolute atomic E-state index is 13.4. The molecule has 0 radical (unpaired) electrons. The van der Waals surface area contributed by atoms with Gasteiger partial charge in [-0.05, 0) is 30.6 Å². The van der Waals surface area contributed by atoms with Gasteiger partial charge in [-0.2, -0.15) is 13.2 Å². The molecule has 0 atom stereocenters. The summed E-state index contributed by atoms with van der Waals surface area (Å²) in [5.41, 5.74) is 0.328. The first kappa shape index (κ1) is 21.5. The van der Waals surface area contributed by atoms with Crippen molar-refractivity contribution in [1.82, 2.24) is 0 Å². The molecule has 25 heavy (non-hydrogen) atoms. The van der Waals surface area contributed by atoms with Crippen molar-refractivity contribution in [3.8, 4) is 11.8 Å². The van der Waals surface area contributed by atoms with Crippen LogP contribution in [0.3, 0.4) is 0 Å². The highest BCUT2D eigenvalue weighted by Gasteiger charge is 2.41. The molecule has 0 aliphatic rings. The minimum atomic E-state index is -4.44. The lowest BCUT2D eigenvalue weighted by molar-refractivity contribution is -0.0976. The average molecular weight is 369 g/mol. The minimum Gasteiger partial charge on any atom is -0.413 e. The van der Waals surface area contributed by atoms with Gasteiger partial charge in [-0.3, -0.25) is 0 Å². The third-order valence-corrected chi connectivity index (χ3v) is 9.07. The molecular formula is C20H27F3OSi. The van der Waals surface area contributed by atoms with E-state index in [-0.39, 0.29) is 10.6 Å². The van der Waals surface area contributed by atoms with Crippen LogP contribution in [0.5, 0.6) is 0 Å². The summed E-state index contributed by atoms with van der Waals surface area (Å²) in [5.74, 6) is 5.49. The van der Waals surface area contributed by atoms with Gasteiger partial charge in [0.05, 0.1) is 12.2 Å². The van der Waals surface area contributed by atoms with Gasteiger partial charge >= 0.3 is 6.18 Å². The van der Waals surface area contributed by atoms with E-state index >= 15 is 0 Å². The molecule has 0 spiro atoms. The van der Waals surface area contributed by atoms with Crippen molar-refractivity contribution in [3.05, 3.63) is 47.0 Å². The van der Waals surface area contributed by atoms with Crippen LogP contribution in [0.1, 0.15) is 33.3 Å². The van der Waals surface area contributed by atoms with E-state index in [1.807, 2.05) is 64.2 Å². The molecule has 0 fully saturated rings. The summed E-state index contributed by atoms with van der Waals surface area (Å²) >= 11 is 0. The van der Waals surface area contributed by atoms with Crippen LogP contribution in [0, 0.1) is 11.8 Å². The summed E-state index contributed by atoms with van der Waals surface area (Å²) in [6.07, 6.45) is -4.01. The number of hydrogen-bond donors (Lipinski definition) is 0. The van der Waals surface area contributed by atoms with Gasteiger partial charge in [-0.15, -0.1) is 0 Å². The zero-order chi connectivity index (χ0) is 19.3. The summed E-state index contributed by atoms with van der Waals surface area (Å²) in [6, 6.07) is 9.46. The first-order valence-electron chi connectivity index (χ1n) is 8.28. The Morgan fingerprint density at radius 1 is 1.08 bits per heavy atom. The standard InChI is InChI=1S/C20H27F3OSi/c1-16(11-10-14-17-12-8-7-9-13-17)18(20(21,22)23)15-24-25(5,6)19(2,3)4/h7-9,12-13H,14-15H2,1-6H3/b18-16+. The fraction of sp³-hybridized carbons (Fsp3) is 0.500. The Labute approximate surface area is 150 Å². The van der Waals surface area contributed by atoms with Crippen molar-refractivity contribution in [2.24, 2.45) is 0 Å². The van der Waals surface area contributed by atoms with Crippen molar-refractivity contribution in [2.75, 3.05) is 6.61 Å². The molecule has 5 heteroatoms. The zero-order valence-electron chi connectivity index (χ0n) is 15.8. The smallest absolute Gasteiger partial charge is 0.413 e. The summed E-state index contributed by atoms with van der Waals surface area (Å²) in [7, 11) is -2.26. The van der Waals surface area contributed by atoms with Gasteiger partial charge in [0.2, 0.25) is 0 Å². The third-order valence-electron chi connectivity index (χ3n) is 4.59. The van der Waals surface area contributed by atoms with Gasteiger partial charge in [-0.1, -0.05) is 62.9 Å². The zero-order valence-corrected chi connectivity index (χ0v) is 16.8. The van der Waals surface area contributed by atoms with E-state index in [0.29, 0.717) is 6.42 Å². The number of rotatable bonds is 4. The Morgan fingerprint density at radius 3 is 2.12 bits per heavy atom. The maximum Gasteiger partial charge on any atom is 0.415 e. The summed E-state index contributed by atoms with van der Waals surface area (Å²) < 4.78 is 46.0. The molecule has 1 rings (SSSR count). The van der Waals surface area contributed by atoms with Crippen LogP contribution in [-0.4, -0.2) is 21.1 Å². The normalized spacial score (nSPS) is 13.8. The maximum atomic E-state index is 13.4. The number of hydrogen-bond acceptors (Lipinski definition) is 1. The molecule has 0 amide bonds. The number of allylic oxidation sites excluding steroid dienone is 1. The van der Waals surface area contributed by atoms with Crippen LogP contribution in [0.2, 0.25) is 18.1 Å². The second-order valence-corrected chi connectivity index (χ2v) is 12.4. The molecule has 138 valence electrons. The Bertz CT molecular complexity index is 656. The Balaban J connectivity index is 2.96. The molecule has 0 heterocycles. The fourth-order valence-corrected chi connectivity index (χ4v) is 2.76. The quantitative estimate of drug-likeness (QED) is 0.459. The van der Waals surface area contributed by atoms with Crippen molar-refractivity contribution >= 4 is 8.32 Å². The van der Waals surface area contributed by atoms with Gasteiger partial charge in [0.15, 0.2) is 8.32 Å². The highest BCUT2D eigenvalue weighted by atomic mass is 28.4. The number of alkyl halides is 3. The van der Waals surface area contributed by atoms with Gasteiger partial charge in [-0.25, -0.2) is 0 Å². The Hall–Kier alpha value is -1.51.